The van der Waals surface area contributed by atoms with Crippen LogP contribution in [0.15, 0.2) is 18.2 Å². The lowest BCUT2D eigenvalue weighted by Gasteiger charge is -2.23. The summed E-state index contributed by atoms with van der Waals surface area (Å²) in [6.45, 7) is 10.1. The van der Waals surface area contributed by atoms with Gasteiger partial charge in [0.2, 0.25) is 0 Å². The number of imidazole rings is 1. The zero-order valence-electron chi connectivity index (χ0n) is 13.5. The van der Waals surface area contributed by atoms with E-state index in [0.29, 0.717) is 11.8 Å². The van der Waals surface area contributed by atoms with Crippen LogP contribution >= 0.6 is 0 Å². The highest BCUT2D eigenvalue weighted by Gasteiger charge is 2.22. The van der Waals surface area contributed by atoms with Crippen LogP contribution in [0.4, 0.5) is 0 Å². The average Bonchev–Trinajstić information content (AvgIpc) is 2.86. The molecule has 1 N–H and O–H groups in total. The van der Waals surface area contributed by atoms with Crippen molar-refractivity contribution in [2.45, 2.75) is 58.4 Å². The van der Waals surface area contributed by atoms with Crippen molar-refractivity contribution in [3.05, 3.63) is 29.6 Å². The van der Waals surface area contributed by atoms with Gasteiger partial charge in [0.15, 0.2) is 0 Å². The number of piperidine rings is 1. The summed E-state index contributed by atoms with van der Waals surface area (Å²) >= 11 is 0. The summed E-state index contributed by atoms with van der Waals surface area (Å²) in [7, 11) is 0. The first-order chi connectivity index (χ1) is 10.2. The molecule has 1 aromatic carbocycles. The summed E-state index contributed by atoms with van der Waals surface area (Å²) in [5, 5.41) is 3.46. The normalized spacial score (nSPS) is 17.0. The van der Waals surface area contributed by atoms with Gasteiger partial charge in [-0.3, -0.25) is 0 Å². The van der Waals surface area contributed by atoms with Crippen molar-refractivity contribution in [3.8, 4) is 0 Å². The van der Waals surface area contributed by atoms with Gasteiger partial charge in [0, 0.05) is 12.5 Å². The Hall–Kier alpha value is -1.35. The summed E-state index contributed by atoms with van der Waals surface area (Å²) in [6, 6.07) is 6.84. The minimum atomic E-state index is 0.563. The second-order valence-electron chi connectivity index (χ2n) is 6.55. The smallest absolute Gasteiger partial charge is 0.113 e. The minimum absolute atomic E-state index is 0.563. The van der Waals surface area contributed by atoms with E-state index in [1.165, 1.54) is 35.3 Å². The van der Waals surface area contributed by atoms with Crippen LogP contribution < -0.4 is 5.32 Å². The Kier molecular flexibility index (Phi) is 4.29. The third kappa shape index (κ3) is 2.84. The van der Waals surface area contributed by atoms with Crippen LogP contribution in [0.5, 0.6) is 0 Å². The minimum Gasteiger partial charge on any atom is -0.328 e. The Morgan fingerprint density at radius 2 is 2.05 bits per heavy atom. The molecule has 1 aliphatic rings. The topological polar surface area (TPSA) is 29.9 Å². The second kappa shape index (κ2) is 6.18. The fraction of sp³-hybridized carbons (Fsp3) is 0.611. The number of nitrogens with zero attached hydrogens (tertiary/aromatic N) is 2. The van der Waals surface area contributed by atoms with E-state index in [4.69, 9.17) is 4.98 Å². The number of aromatic nitrogens is 2. The van der Waals surface area contributed by atoms with Gasteiger partial charge in [0.25, 0.3) is 0 Å². The van der Waals surface area contributed by atoms with Crippen LogP contribution in [0, 0.1) is 0 Å². The first kappa shape index (κ1) is 14.6. The zero-order valence-corrected chi connectivity index (χ0v) is 13.5. The Morgan fingerprint density at radius 3 is 2.71 bits per heavy atom. The van der Waals surface area contributed by atoms with E-state index in [0.717, 1.165) is 26.1 Å². The lowest BCUT2D eigenvalue weighted by molar-refractivity contribution is 0.431. The molecule has 1 fully saturated rings. The summed E-state index contributed by atoms with van der Waals surface area (Å²) in [4.78, 5) is 5.03. The Morgan fingerprint density at radius 1 is 1.29 bits per heavy atom. The SMILES string of the molecule is CCCn1c(C2CCNCC2)nc2cc(C(C)C)ccc21. The van der Waals surface area contributed by atoms with E-state index >= 15 is 0 Å². The number of benzene rings is 1. The van der Waals surface area contributed by atoms with Gasteiger partial charge in [0.05, 0.1) is 11.0 Å². The first-order valence-electron chi connectivity index (χ1n) is 8.41. The van der Waals surface area contributed by atoms with Gasteiger partial charge in [-0.2, -0.15) is 0 Å². The number of fused-ring (bicyclic) bond motifs is 1. The lowest BCUT2D eigenvalue weighted by atomic mass is 9.97. The van der Waals surface area contributed by atoms with Crippen LogP contribution in [0.3, 0.4) is 0 Å². The standard InChI is InChI=1S/C18H27N3/c1-4-11-21-17-6-5-15(13(2)3)12-16(17)20-18(21)14-7-9-19-10-8-14/h5-6,12-14,19H,4,7-11H2,1-3H3. The third-order valence-corrected chi connectivity index (χ3v) is 4.62. The molecule has 21 heavy (non-hydrogen) atoms. The molecule has 0 unspecified atom stereocenters. The molecule has 0 radical (unpaired) electrons. The van der Waals surface area contributed by atoms with Crippen LogP contribution in [-0.2, 0) is 6.54 Å². The summed E-state index contributed by atoms with van der Waals surface area (Å²) in [5.74, 6) is 2.50. The van der Waals surface area contributed by atoms with Crippen LogP contribution in [0.1, 0.15) is 63.3 Å². The molecule has 3 nitrogen and oxygen atoms in total. The molecular weight excluding hydrogens is 258 g/mol. The maximum absolute atomic E-state index is 5.03. The monoisotopic (exact) mass is 285 g/mol. The maximum Gasteiger partial charge on any atom is 0.113 e. The van der Waals surface area contributed by atoms with E-state index in [-0.39, 0.29) is 0 Å². The Balaban J connectivity index is 2.06. The molecule has 0 saturated carbocycles. The van der Waals surface area contributed by atoms with E-state index < -0.39 is 0 Å². The maximum atomic E-state index is 5.03. The first-order valence-corrected chi connectivity index (χ1v) is 8.41. The molecule has 1 saturated heterocycles. The zero-order chi connectivity index (χ0) is 14.8. The van der Waals surface area contributed by atoms with Crippen LogP contribution in [-0.4, -0.2) is 22.6 Å². The van der Waals surface area contributed by atoms with Gasteiger partial charge in [-0.05, 0) is 56.0 Å². The highest BCUT2D eigenvalue weighted by Crippen LogP contribution is 2.30. The van der Waals surface area contributed by atoms with E-state index in [9.17, 15) is 0 Å². The van der Waals surface area contributed by atoms with Crippen LogP contribution in [0.2, 0.25) is 0 Å². The largest absolute Gasteiger partial charge is 0.328 e. The second-order valence-corrected chi connectivity index (χ2v) is 6.55. The molecule has 0 amide bonds. The van der Waals surface area contributed by atoms with Gasteiger partial charge < -0.3 is 9.88 Å². The van der Waals surface area contributed by atoms with Crippen molar-refractivity contribution in [3.63, 3.8) is 0 Å². The molecule has 2 heterocycles. The van der Waals surface area contributed by atoms with Crippen molar-refractivity contribution in [1.82, 2.24) is 14.9 Å². The molecule has 0 spiro atoms. The Labute approximate surface area is 127 Å². The fourth-order valence-electron chi connectivity index (χ4n) is 3.37. The van der Waals surface area contributed by atoms with Crippen molar-refractivity contribution in [1.29, 1.82) is 0 Å². The number of hydrogen-bond acceptors (Lipinski definition) is 2. The lowest BCUT2D eigenvalue weighted by Crippen LogP contribution is -2.28. The molecular formula is C18H27N3. The van der Waals surface area contributed by atoms with Gasteiger partial charge in [0.1, 0.15) is 5.82 Å². The predicted octanol–water partition coefficient (Wildman–Crippen LogP) is 4.04. The number of hydrogen-bond donors (Lipinski definition) is 1. The molecule has 2 aromatic rings. The van der Waals surface area contributed by atoms with Gasteiger partial charge in [-0.25, -0.2) is 4.98 Å². The van der Waals surface area contributed by atoms with Gasteiger partial charge >= 0.3 is 0 Å². The summed E-state index contributed by atoms with van der Waals surface area (Å²) in [6.07, 6.45) is 3.59. The Bertz CT molecular complexity index is 606. The summed E-state index contributed by atoms with van der Waals surface area (Å²) < 4.78 is 2.47. The average molecular weight is 285 g/mol. The number of nitrogens with one attached hydrogen (secondary N) is 1. The van der Waals surface area contributed by atoms with E-state index in [1.54, 1.807) is 0 Å². The van der Waals surface area contributed by atoms with Crippen molar-refractivity contribution in [2.75, 3.05) is 13.1 Å². The van der Waals surface area contributed by atoms with Crippen molar-refractivity contribution < 1.29 is 0 Å². The van der Waals surface area contributed by atoms with Crippen molar-refractivity contribution in [2.24, 2.45) is 0 Å². The molecule has 0 atom stereocenters. The highest BCUT2D eigenvalue weighted by atomic mass is 15.1. The quantitative estimate of drug-likeness (QED) is 0.919. The van der Waals surface area contributed by atoms with E-state index in [1.807, 2.05) is 0 Å². The van der Waals surface area contributed by atoms with E-state index in [2.05, 4.69) is 48.9 Å². The number of aryl methyl sites for hydroxylation is 1. The number of rotatable bonds is 4. The summed E-state index contributed by atoms with van der Waals surface area (Å²) in [5.41, 5.74) is 3.89. The predicted molar refractivity (Wildman–Crippen MR) is 89.0 cm³/mol. The molecule has 114 valence electrons. The molecule has 3 heteroatoms. The van der Waals surface area contributed by atoms with Gasteiger partial charge in [-0.15, -0.1) is 0 Å². The molecule has 3 rings (SSSR count). The third-order valence-electron chi connectivity index (χ3n) is 4.62. The highest BCUT2D eigenvalue weighted by molar-refractivity contribution is 5.77. The molecule has 0 bridgehead atoms. The van der Waals surface area contributed by atoms with Crippen LogP contribution in [0.25, 0.3) is 11.0 Å². The molecule has 1 aromatic heterocycles. The van der Waals surface area contributed by atoms with Crippen molar-refractivity contribution >= 4 is 11.0 Å². The molecule has 0 aliphatic carbocycles. The van der Waals surface area contributed by atoms with Gasteiger partial charge in [-0.1, -0.05) is 26.8 Å². The molecule has 1 aliphatic heterocycles. The fourth-order valence-corrected chi connectivity index (χ4v) is 3.37.